The number of hydrogen-bond acceptors (Lipinski definition) is 3. The van der Waals surface area contributed by atoms with Gasteiger partial charge in [-0.1, -0.05) is 36.4 Å². The monoisotopic (exact) mass is 324 g/mol. The number of carbonyl (C=O) groups excluding carboxylic acids is 1. The van der Waals surface area contributed by atoms with Crippen molar-refractivity contribution in [2.75, 3.05) is 11.5 Å². The van der Waals surface area contributed by atoms with Crippen LogP contribution in [0.3, 0.4) is 0 Å². The molecule has 2 aromatic rings. The Balaban J connectivity index is 1.80. The second-order valence-corrected chi connectivity index (χ2v) is 6.95. The molecule has 4 heteroatoms. The van der Waals surface area contributed by atoms with Crippen molar-refractivity contribution in [3.63, 3.8) is 0 Å². The van der Waals surface area contributed by atoms with Gasteiger partial charge < -0.3 is 4.90 Å². The van der Waals surface area contributed by atoms with Crippen molar-refractivity contribution in [1.82, 2.24) is 4.90 Å². The second kappa shape index (κ2) is 7.06. The zero-order chi connectivity index (χ0) is 16.2. The molecule has 1 saturated carbocycles. The van der Waals surface area contributed by atoms with Crippen LogP contribution in [0, 0.1) is 11.3 Å². The Bertz CT molecular complexity index is 748. The van der Waals surface area contributed by atoms with Crippen molar-refractivity contribution < 1.29 is 4.79 Å². The first kappa shape index (κ1) is 15.9. The molecule has 118 valence electrons. The molecule has 1 fully saturated rings. The highest BCUT2D eigenvalue weighted by atomic mass is 32.2. The summed E-state index contributed by atoms with van der Waals surface area (Å²) in [6.07, 6.45) is 2.18. The molecule has 0 aromatic heterocycles. The number of hydrogen-bond donors (Lipinski definition) is 0. The van der Waals surface area contributed by atoms with E-state index in [1.54, 1.807) is 0 Å². The summed E-state index contributed by atoms with van der Waals surface area (Å²) in [5, 5.41) is 11.1. The van der Waals surface area contributed by atoms with E-state index in [0.29, 0.717) is 17.5 Å². The van der Waals surface area contributed by atoms with E-state index in [2.05, 4.69) is 43.3 Å². The predicted molar refractivity (Wildman–Crippen MR) is 95.2 cm³/mol. The Morgan fingerprint density at radius 3 is 2.74 bits per heavy atom. The average molecular weight is 324 g/mol. The summed E-state index contributed by atoms with van der Waals surface area (Å²) in [6, 6.07) is 17.2. The van der Waals surface area contributed by atoms with Gasteiger partial charge in [-0.25, -0.2) is 0 Å². The molecule has 1 aliphatic rings. The van der Waals surface area contributed by atoms with E-state index in [-0.39, 0.29) is 11.9 Å². The van der Waals surface area contributed by atoms with Crippen molar-refractivity contribution in [2.24, 2.45) is 0 Å². The molecule has 1 aliphatic carbocycles. The van der Waals surface area contributed by atoms with Crippen molar-refractivity contribution in [1.29, 1.82) is 5.26 Å². The molecule has 0 heterocycles. The van der Waals surface area contributed by atoms with Crippen LogP contribution in [-0.2, 0) is 4.79 Å². The maximum Gasteiger partial charge on any atom is 0.233 e. The van der Waals surface area contributed by atoms with Gasteiger partial charge in [-0.05, 0) is 42.2 Å². The van der Waals surface area contributed by atoms with E-state index < -0.39 is 0 Å². The summed E-state index contributed by atoms with van der Waals surface area (Å²) in [7, 11) is 0. The first-order valence-electron chi connectivity index (χ1n) is 7.95. The summed E-state index contributed by atoms with van der Waals surface area (Å²) in [6.45, 7) is 2.11. The Hall–Kier alpha value is -1.99. The van der Waals surface area contributed by atoms with Gasteiger partial charge in [0.05, 0.1) is 23.6 Å². The third-order valence-electron chi connectivity index (χ3n) is 4.29. The third-order valence-corrected chi connectivity index (χ3v) is 5.08. The topological polar surface area (TPSA) is 44.1 Å². The Morgan fingerprint density at radius 2 is 2.04 bits per heavy atom. The minimum absolute atomic E-state index is 0.0716. The minimum atomic E-state index is 0.0716. The molecule has 2 aromatic carbocycles. The maximum atomic E-state index is 12.6. The van der Waals surface area contributed by atoms with Crippen molar-refractivity contribution in [2.45, 2.75) is 31.8 Å². The van der Waals surface area contributed by atoms with E-state index in [4.69, 9.17) is 5.26 Å². The standard InChI is InChI=1S/C19H20N2OS/c1-14(16-7-6-15-4-2-3-5-17(15)12-16)21(18-8-9-18)19(22)13-23-11-10-20/h2-7,12,14,18H,8-9,11,13H2,1H3/t14-/m0/s1. The van der Waals surface area contributed by atoms with Crippen LogP contribution in [0.4, 0.5) is 0 Å². The first-order valence-corrected chi connectivity index (χ1v) is 9.10. The molecule has 0 unspecified atom stereocenters. The van der Waals surface area contributed by atoms with E-state index in [0.717, 1.165) is 12.8 Å². The van der Waals surface area contributed by atoms with Gasteiger partial charge in [-0.15, -0.1) is 11.8 Å². The smallest absolute Gasteiger partial charge is 0.233 e. The van der Waals surface area contributed by atoms with Crippen LogP contribution >= 0.6 is 11.8 Å². The zero-order valence-corrected chi connectivity index (χ0v) is 14.1. The lowest BCUT2D eigenvalue weighted by Gasteiger charge is -2.30. The van der Waals surface area contributed by atoms with Gasteiger partial charge in [0.2, 0.25) is 5.91 Å². The lowest BCUT2D eigenvalue weighted by atomic mass is 10.0. The van der Waals surface area contributed by atoms with Crippen LogP contribution in [0.25, 0.3) is 10.8 Å². The Kier molecular flexibility index (Phi) is 4.88. The number of rotatable bonds is 6. The molecule has 0 bridgehead atoms. The molecule has 3 nitrogen and oxygen atoms in total. The van der Waals surface area contributed by atoms with Gasteiger partial charge >= 0.3 is 0 Å². The number of carbonyl (C=O) groups is 1. The van der Waals surface area contributed by atoms with Crippen molar-refractivity contribution in [3.05, 3.63) is 48.0 Å². The van der Waals surface area contributed by atoms with Gasteiger partial charge in [0.25, 0.3) is 0 Å². The van der Waals surface area contributed by atoms with Crippen LogP contribution in [0.2, 0.25) is 0 Å². The summed E-state index contributed by atoms with van der Waals surface area (Å²) < 4.78 is 0. The van der Waals surface area contributed by atoms with Gasteiger partial charge in [0.1, 0.15) is 0 Å². The number of thioether (sulfide) groups is 1. The highest BCUT2D eigenvalue weighted by Gasteiger charge is 2.35. The van der Waals surface area contributed by atoms with Crippen LogP contribution < -0.4 is 0 Å². The highest BCUT2D eigenvalue weighted by Crippen LogP contribution is 2.35. The van der Waals surface area contributed by atoms with Crippen LogP contribution in [0.1, 0.15) is 31.4 Å². The highest BCUT2D eigenvalue weighted by molar-refractivity contribution is 8.00. The van der Waals surface area contributed by atoms with E-state index in [9.17, 15) is 4.79 Å². The van der Waals surface area contributed by atoms with E-state index >= 15 is 0 Å². The van der Waals surface area contributed by atoms with Crippen molar-refractivity contribution >= 4 is 28.4 Å². The minimum Gasteiger partial charge on any atom is -0.332 e. The van der Waals surface area contributed by atoms with Gasteiger partial charge in [-0.2, -0.15) is 5.26 Å². The Labute approximate surface area is 141 Å². The lowest BCUT2D eigenvalue weighted by Crippen LogP contribution is -2.36. The fraction of sp³-hybridized carbons (Fsp3) is 0.368. The molecule has 1 amide bonds. The quantitative estimate of drug-likeness (QED) is 0.750. The van der Waals surface area contributed by atoms with Crippen LogP contribution in [0.15, 0.2) is 42.5 Å². The molecular formula is C19H20N2OS. The van der Waals surface area contributed by atoms with E-state index in [1.165, 1.54) is 28.1 Å². The molecule has 0 aliphatic heterocycles. The van der Waals surface area contributed by atoms with Gasteiger partial charge in [0.15, 0.2) is 0 Å². The molecule has 0 spiro atoms. The summed E-state index contributed by atoms with van der Waals surface area (Å²) in [4.78, 5) is 14.6. The third kappa shape index (κ3) is 3.68. The Morgan fingerprint density at radius 1 is 1.30 bits per heavy atom. The summed E-state index contributed by atoms with van der Waals surface area (Å²) in [5.74, 6) is 0.907. The number of nitrogens with zero attached hydrogens (tertiary/aromatic N) is 2. The predicted octanol–water partition coefficient (Wildman–Crippen LogP) is 4.15. The van der Waals surface area contributed by atoms with Crippen LogP contribution in [0.5, 0.6) is 0 Å². The van der Waals surface area contributed by atoms with Crippen molar-refractivity contribution in [3.8, 4) is 6.07 Å². The summed E-state index contributed by atoms with van der Waals surface area (Å²) in [5.41, 5.74) is 1.18. The molecule has 1 atom stereocenters. The molecule has 0 saturated heterocycles. The average Bonchev–Trinajstić information content (AvgIpc) is 3.39. The molecule has 23 heavy (non-hydrogen) atoms. The fourth-order valence-corrected chi connectivity index (χ4v) is 3.49. The van der Waals surface area contributed by atoms with Gasteiger partial charge in [0, 0.05) is 6.04 Å². The molecule has 0 N–H and O–H groups in total. The lowest BCUT2D eigenvalue weighted by molar-refractivity contribution is -0.131. The molecule has 3 rings (SSSR count). The largest absolute Gasteiger partial charge is 0.332 e. The second-order valence-electron chi connectivity index (χ2n) is 5.97. The molecule has 0 radical (unpaired) electrons. The summed E-state index contributed by atoms with van der Waals surface area (Å²) >= 11 is 1.40. The fourth-order valence-electron chi connectivity index (χ4n) is 2.98. The van der Waals surface area contributed by atoms with Crippen LogP contribution in [-0.4, -0.2) is 28.4 Å². The number of nitriles is 1. The maximum absolute atomic E-state index is 12.6. The molecular weight excluding hydrogens is 304 g/mol. The number of amides is 1. The number of fused-ring (bicyclic) bond motifs is 1. The number of benzene rings is 2. The van der Waals surface area contributed by atoms with Gasteiger partial charge in [-0.3, -0.25) is 4.79 Å². The van der Waals surface area contributed by atoms with E-state index in [1.807, 2.05) is 17.0 Å². The zero-order valence-electron chi connectivity index (χ0n) is 13.2. The first-order chi connectivity index (χ1) is 11.2. The SMILES string of the molecule is C[C@@H](c1ccc2ccccc2c1)N(C(=O)CSCC#N)C1CC1. The normalized spacial score (nSPS) is 15.1.